The average Bonchev–Trinajstić information content (AvgIpc) is 3.34. The average molecular weight is 430 g/mol. The molecular formula is C24H22N4O4. The molecule has 0 radical (unpaired) electrons. The van der Waals surface area contributed by atoms with Crippen molar-refractivity contribution in [2.24, 2.45) is 0 Å². The van der Waals surface area contributed by atoms with E-state index in [0.717, 1.165) is 22.4 Å². The first kappa shape index (κ1) is 21.0. The standard InChI is InChI=1S/C24H22N4O4/c1-16(19-4-3-13-25-14-19)26-22(29)15-31-21-11-7-18(8-12-21)24-27-23(28-32-24)17-5-9-20(30-2)10-6-17/h3-14,16H,15H2,1-2H3,(H,26,29)/t16-/m1/s1. The zero-order chi connectivity index (χ0) is 22.3. The lowest BCUT2D eigenvalue weighted by Crippen LogP contribution is -2.31. The van der Waals surface area contributed by atoms with E-state index >= 15 is 0 Å². The summed E-state index contributed by atoms with van der Waals surface area (Å²) in [6.45, 7) is 1.81. The highest BCUT2D eigenvalue weighted by molar-refractivity contribution is 5.78. The quantitative estimate of drug-likeness (QED) is 0.450. The van der Waals surface area contributed by atoms with Crippen LogP contribution < -0.4 is 14.8 Å². The third-order valence-corrected chi connectivity index (χ3v) is 4.81. The predicted molar refractivity (Wildman–Crippen MR) is 118 cm³/mol. The Bertz CT molecular complexity index is 1160. The Balaban J connectivity index is 1.33. The molecule has 4 aromatic rings. The van der Waals surface area contributed by atoms with Crippen LogP contribution in [-0.4, -0.2) is 34.7 Å². The van der Waals surface area contributed by atoms with Crippen molar-refractivity contribution in [2.45, 2.75) is 13.0 Å². The van der Waals surface area contributed by atoms with Gasteiger partial charge in [0.15, 0.2) is 6.61 Å². The number of amides is 1. The molecule has 1 atom stereocenters. The van der Waals surface area contributed by atoms with Crippen LogP contribution in [0.25, 0.3) is 22.8 Å². The molecule has 2 aromatic carbocycles. The van der Waals surface area contributed by atoms with Gasteiger partial charge in [0.25, 0.3) is 11.8 Å². The summed E-state index contributed by atoms with van der Waals surface area (Å²) in [5, 5.41) is 6.92. The molecule has 1 N–H and O–H groups in total. The van der Waals surface area contributed by atoms with Gasteiger partial charge in [0.05, 0.1) is 13.2 Å². The fourth-order valence-electron chi connectivity index (χ4n) is 3.04. The molecule has 8 nitrogen and oxygen atoms in total. The first-order valence-electron chi connectivity index (χ1n) is 10.0. The third kappa shape index (κ3) is 5.10. The normalized spacial score (nSPS) is 11.6. The molecule has 2 heterocycles. The van der Waals surface area contributed by atoms with E-state index in [-0.39, 0.29) is 18.6 Å². The van der Waals surface area contributed by atoms with Crippen molar-refractivity contribution in [3.8, 4) is 34.3 Å². The fourth-order valence-corrected chi connectivity index (χ4v) is 3.04. The van der Waals surface area contributed by atoms with E-state index in [2.05, 4.69) is 20.4 Å². The second-order valence-corrected chi connectivity index (χ2v) is 7.04. The number of aromatic nitrogens is 3. The minimum absolute atomic E-state index is 0.0911. The Morgan fingerprint density at radius 2 is 1.75 bits per heavy atom. The van der Waals surface area contributed by atoms with Crippen LogP contribution in [0.4, 0.5) is 0 Å². The molecule has 2 aromatic heterocycles. The highest BCUT2D eigenvalue weighted by Crippen LogP contribution is 2.25. The number of pyridine rings is 1. The van der Waals surface area contributed by atoms with Gasteiger partial charge in [-0.15, -0.1) is 0 Å². The number of hydrogen-bond donors (Lipinski definition) is 1. The van der Waals surface area contributed by atoms with E-state index in [1.165, 1.54) is 0 Å². The van der Waals surface area contributed by atoms with Gasteiger partial charge in [-0.3, -0.25) is 9.78 Å². The number of nitrogens with zero attached hydrogens (tertiary/aromatic N) is 3. The summed E-state index contributed by atoms with van der Waals surface area (Å²) in [5.74, 6) is 1.99. The highest BCUT2D eigenvalue weighted by atomic mass is 16.5. The number of rotatable bonds is 8. The summed E-state index contributed by atoms with van der Waals surface area (Å²) in [6.07, 6.45) is 3.42. The maximum atomic E-state index is 12.2. The first-order chi connectivity index (χ1) is 15.6. The Kier molecular flexibility index (Phi) is 6.41. The van der Waals surface area contributed by atoms with Gasteiger partial charge in [0.2, 0.25) is 5.82 Å². The maximum absolute atomic E-state index is 12.2. The number of hydrogen-bond acceptors (Lipinski definition) is 7. The maximum Gasteiger partial charge on any atom is 0.258 e. The van der Waals surface area contributed by atoms with Crippen LogP contribution in [-0.2, 0) is 4.79 Å². The molecule has 0 fully saturated rings. The molecule has 4 rings (SSSR count). The Hall–Kier alpha value is -4.20. The number of nitrogens with one attached hydrogen (secondary N) is 1. The van der Waals surface area contributed by atoms with E-state index in [9.17, 15) is 4.79 Å². The molecule has 0 saturated heterocycles. The highest BCUT2D eigenvalue weighted by Gasteiger charge is 2.12. The van der Waals surface area contributed by atoms with Crippen molar-refractivity contribution in [1.82, 2.24) is 20.4 Å². The van der Waals surface area contributed by atoms with Crippen molar-refractivity contribution in [3.05, 3.63) is 78.6 Å². The topological polar surface area (TPSA) is 99.4 Å². The zero-order valence-electron chi connectivity index (χ0n) is 17.7. The number of carbonyl (C=O) groups excluding carboxylic acids is 1. The number of methoxy groups -OCH3 is 1. The molecule has 32 heavy (non-hydrogen) atoms. The van der Waals surface area contributed by atoms with Crippen LogP contribution in [0.2, 0.25) is 0 Å². The molecule has 0 aliphatic rings. The Morgan fingerprint density at radius 1 is 1.03 bits per heavy atom. The van der Waals surface area contributed by atoms with E-state index in [0.29, 0.717) is 17.5 Å². The lowest BCUT2D eigenvalue weighted by Gasteiger charge is -2.14. The van der Waals surface area contributed by atoms with E-state index in [4.69, 9.17) is 14.0 Å². The van der Waals surface area contributed by atoms with Gasteiger partial charge in [-0.1, -0.05) is 11.2 Å². The van der Waals surface area contributed by atoms with Gasteiger partial charge in [-0.2, -0.15) is 4.98 Å². The lowest BCUT2D eigenvalue weighted by molar-refractivity contribution is -0.123. The van der Waals surface area contributed by atoms with Crippen LogP contribution in [0.3, 0.4) is 0 Å². The summed E-state index contributed by atoms with van der Waals surface area (Å²) >= 11 is 0. The molecule has 1 amide bonds. The molecular weight excluding hydrogens is 408 g/mol. The molecule has 0 saturated carbocycles. The molecule has 0 aliphatic carbocycles. The van der Waals surface area contributed by atoms with Gasteiger partial charge >= 0.3 is 0 Å². The first-order valence-corrected chi connectivity index (χ1v) is 10.0. The molecule has 0 unspecified atom stereocenters. The fraction of sp³-hybridized carbons (Fsp3) is 0.167. The van der Waals surface area contributed by atoms with Crippen LogP contribution in [0.5, 0.6) is 11.5 Å². The predicted octanol–water partition coefficient (Wildman–Crippen LogP) is 4.06. The Morgan fingerprint density at radius 3 is 2.44 bits per heavy atom. The number of benzene rings is 2. The summed E-state index contributed by atoms with van der Waals surface area (Å²) < 4.78 is 16.1. The van der Waals surface area contributed by atoms with Crippen molar-refractivity contribution >= 4 is 5.91 Å². The largest absolute Gasteiger partial charge is 0.497 e. The van der Waals surface area contributed by atoms with Crippen molar-refractivity contribution in [3.63, 3.8) is 0 Å². The third-order valence-electron chi connectivity index (χ3n) is 4.81. The Labute approximate surface area is 185 Å². The smallest absolute Gasteiger partial charge is 0.258 e. The second kappa shape index (κ2) is 9.74. The monoisotopic (exact) mass is 430 g/mol. The molecule has 162 valence electrons. The lowest BCUT2D eigenvalue weighted by atomic mass is 10.1. The van der Waals surface area contributed by atoms with Crippen LogP contribution in [0.15, 0.2) is 77.6 Å². The van der Waals surface area contributed by atoms with E-state index < -0.39 is 0 Å². The molecule has 0 aliphatic heterocycles. The van der Waals surface area contributed by atoms with Gasteiger partial charge in [0, 0.05) is 23.5 Å². The number of ether oxygens (including phenoxy) is 2. The van der Waals surface area contributed by atoms with Crippen molar-refractivity contribution in [1.29, 1.82) is 0 Å². The summed E-state index contributed by atoms with van der Waals surface area (Å²) in [6, 6.07) is 18.1. The van der Waals surface area contributed by atoms with Gasteiger partial charge in [-0.25, -0.2) is 0 Å². The van der Waals surface area contributed by atoms with Gasteiger partial charge < -0.3 is 19.3 Å². The molecule has 0 spiro atoms. The van der Waals surface area contributed by atoms with Crippen molar-refractivity contribution in [2.75, 3.05) is 13.7 Å². The van der Waals surface area contributed by atoms with Crippen LogP contribution >= 0.6 is 0 Å². The van der Waals surface area contributed by atoms with E-state index in [1.807, 2.05) is 43.3 Å². The number of carbonyl (C=O) groups is 1. The summed E-state index contributed by atoms with van der Waals surface area (Å²) in [5.41, 5.74) is 2.50. The molecule has 0 bridgehead atoms. The van der Waals surface area contributed by atoms with E-state index in [1.54, 1.807) is 43.8 Å². The minimum Gasteiger partial charge on any atom is -0.497 e. The molecule has 8 heteroatoms. The SMILES string of the molecule is COc1ccc(-c2noc(-c3ccc(OCC(=O)N[C@H](C)c4cccnc4)cc3)n2)cc1. The van der Waals surface area contributed by atoms with Crippen LogP contribution in [0, 0.1) is 0 Å². The summed E-state index contributed by atoms with van der Waals surface area (Å²) in [4.78, 5) is 20.7. The van der Waals surface area contributed by atoms with Crippen molar-refractivity contribution < 1.29 is 18.8 Å². The van der Waals surface area contributed by atoms with Crippen LogP contribution in [0.1, 0.15) is 18.5 Å². The zero-order valence-corrected chi connectivity index (χ0v) is 17.7. The minimum atomic E-state index is -0.216. The van der Waals surface area contributed by atoms with Gasteiger partial charge in [-0.05, 0) is 67.1 Å². The summed E-state index contributed by atoms with van der Waals surface area (Å²) in [7, 11) is 1.62. The second-order valence-electron chi connectivity index (χ2n) is 7.04. The van der Waals surface area contributed by atoms with Gasteiger partial charge in [0.1, 0.15) is 11.5 Å².